The van der Waals surface area contributed by atoms with E-state index in [9.17, 15) is 9.90 Å². The highest BCUT2D eigenvalue weighted by Gasteiger charge is 2.21. The average molecular weight is 443 g/mol. The van der Waals surface area contributed by atoms with Crippen molar-refractivity contribution in [1.82, 2.24) is 9.55 Å². The number of methoxy groups -OCH3 is 1. The molecule has 3 aromatic carbocycles. The molecule has 168 valence electrons. The minimum Gasteiger partial charge on any atom is -0.497 e. The van der Waals surface area contributed by atoms with E-state index in [4.69, 9.17) is 9.47 Å². The van der Waals surface area contributed by atoms with Gasteiger partial charge in [-0.1, -0.05) is 42.5 Å². The van der Waals surface area contributed by atoms with Crippen LogP contribution in [0.5, 0.6) is 11.5 Å². The lowest BCUT2D eigenvalue weighted by Crippen LogP contribution is -2.12. The van der Waals surface area contributed by atoms with Crippen molar-refractivity contribution < 1.29 is 19.4 Å². The average Bonchev–Trinajstić information content (AvgIpc) is 3.27. The van der Waals surface area contributed by atoms with Crippen LogP contribution < -0.4 is 9.47 Å². The van der Waals surface area contributed by atoms with Crippen LogP contribution in [0.15, 0.2) is 85.2 Å². The molecule has 0 saturated carbocycles. The van der Waals surface area contributed by atoms with Gasteiger partial charge in [-0.3, -0.25) is 4.79 Å². The molecule has 4 aromatic rings. The van der Waals surface area contributed by atoms with Gasteiger partial charge in [-0.2, -0.15) is 0 Å². The van der Waals surface area contributed by atoms with Crippen molar-refractivity contribution in [1.29, 1.82) is 0 Å². The molecule has 6 heteroatoms. The van der Waals surface area contributed by atoms with Gasteiger partial charge < -0.3 is 19.1 Å². The number of carboxylic acid groups (broad SMARTS) is 1. The molecule has 1 heterocycles. The quantitative estimate of drug-likeness (QED) is 0.382. The molecule has 0 bridgehead atoms. The molecule has 0 aliphatic heterocycles. The third-order valence-corrected chi connectivity index (χ3v) is 5.57. The monoisotopic (exact) mass is 442 g/mol. The van der Waals surface area contributed by atoms with Crippen LogP contribution in [0.2, 0.25) is 0 Å². The fourth-order valence-electron chi connectivity index (χ4n) is 3.85. The van der Waals surface area contributed by atoms with Gasteiger partial charge in [0.2, 0.25) is 0 Å². The van der Waals surface area contributed by atoms with E-state index in [2.05, 4.69) is 23.2 Å². The lowest BCUT2D eigenvalue weighted by Gasteiger charge is -2.16. The van der Waals surface area contributed by atoms with E-state index in [1.807, 2.05) is 72.4 Å². The third-order valence-electron chi connectivity index (χ3n) is 5.57. The number of hydrogen-bond acceptors (Lipinski definition) is 4. The maximum absolute atomic E-state index is 11.4. The predicted octanol–water partition coefficient (Wildman–Crippen LogP) is 5.28. The minimum absolute atomic E-state index is 0.0257. The van der Waals surface area contributed by atoms with Crippen molar-refractivity contribution in [3.63, 3.8) is 0 Å². The number of carboxylic acids is 1. The number of imidazole rings is 1. The van der Waals surface area contributed by atoms with Crippen LogP contribution in [0.1, 0.15) is 29.3 Å². The summed E-state index contributed by atoms with van der Waals surface area (Å²) in [6.45, 7) is 0.426. The van der Waals surface area contributed by atoms with Gasteiger partial charge in [0.05, 0.1) is 19.4 Å². The Kier molecular flexibility index (Phi) is 6.74. The van der Waals surface area contributed by atoms with Crippen molar-refractivity contribution in [2.45, 2.75) is 18.9 Å². The van der Waals surface area contributed by atoms with Crippen molar-refractivity contribution in [2.24, 2.45) is 7.05 Å². The molecule has 1 aromatic heterocycles. The molecule has 33 heavy (non-hydrogen) atoms. The van der Waals surface area contributed by atoms with Crippen molar-refractivity contribution >= 4 is 5.97 Å². The maximum atomic E-state index is 11.4. The van der Waals surface area contributed by atoms with Gasteiger partial charge in [-0.05, 0) is 52.6 Å². The Morgan fingerprint density at radius 2 is 1.73 bits per heavy atom. The van der Waals surface area contributed by atoms with E-state index in [1.54, 1.807) is 13.3 Å². The fourth-order valence-corrected chi connectivity index (χ4v) is 3.85. The van der Waals surface area contributed by atoms with E-state index in [-0.39, 0.29) is 12.3 Å². The molecule has 0 saturated heterocycles. The first-order chi connectivity index (χ1) is 16.0. The van der Waals surface area contributed by atoms with Gasteiger partial charge in [0, 0.05) is 19.4 Å². The van der Waals surface area contributed by atoms with E-state index in [1.165, 1.54) is 0 Å². The number of benzene rings is 3. The molecular formula is C27H26N2O4. The summed E-state index contributed by atoms with van der Waals surface area (Å²) < 4.78 is 13.2. The van der Waals surface area contributed by atoms with Crippen LogP contribution >= 0.6 is 0 Å². The summed E-state index contributed by atoms with van der Waals surface area (Å²) in [7, 11) is 3.53. The second-order valence-electron chi connectivity index (χ2n) is 7.84. The van der Waals surface area contributed by atoms with Crippen LogP contribution in [0.25, 0.3) is 11.1 Å². The highest BCUT2D eigenvalue weighted by molar-refractivity contribution is 5.69. The molecule has 0 unspecified atom stereocenters. The molecule has 0 amide bonds. The number of carbonyl (C=O) groups is 1. The predicted molar refractivity (Wildman–Crippen MR) is 127 cm³/mol. The first-order valence-electron chi connectivity index (χ1n) is 10.7. The largest absolute Gasteiger partial charge is 0.497 e. The summed E-state index contributed by atoms with van der Waals surface area (Å²) in [6, 6.07) is 23.7. The molecular weight excluding hydrogens is 416 g/mol. The van der Waals surface area contributed by atoms with Gasteiger partial charge in [0.1, 0.15) is 23.9 Å². The third kappa shape index (κ3) is 5.41. The standard InChI is InChI=1S/C27H26N2O4/c1-29-14-13-28-27(29)25(17-26(30)31)20-9-11-23(12-10-20)33-18-19-5-3-6-21(15-19)22-7-4-8-24(16-22)32-2/h3-16,25H,17-18H2,1-2H3,(H,30,31)/t25-/m0/s1. The van der Waals surface area contributed by atoms with E-state index in [0.29, 0.717) is 6.61 Å². The zero-order chi connectivity index (χ0) is 23.2. The topological polar surface area (TPSA) is 73.6 Å². The van der Waals surface area contributed by atoms with E-state index < -0.39 is 5.97 Å². The first-order valence-corrected chi connectivity index (χ1v) is 10.7. The van der Waals surface area contributed by atoms with Gasteiger partial charge in [0.25, 0.3) is 0 Å². The van der Waals surface area contributed by atoms with Crippen molar-refractivity contribution in [2.75, 3.05) is 7.11 Å². The number of aliphatic carboxylic acids is 1. The van der Waals surface area contributed by atoms with Crippen LogP contribution in [0.3, 0.4) is 0 Å². The summed E-state index contributed by atoms with van der Waals surface area (Å²) in [5, 5.41) is 9.37. The zero-order valence-corrected chi connectivity index (χ0v) is 18.6. The van der Waals surface area contributed by atoms with Gasteiger partial charge in [0.15, 0.2) is 0 Å². The molecule has 0 radical (unpaired) electrons. The lowest BCUT2D eigenvalue weighted by molar-refractivity contribution is -0.137. The highest BCUT2D eigenvalue weighted by Crippen LogP contribution is 2.29. The van der Waals surface area contributed by atoms with E-state index in [0.717, 1.165) is 39.6 Å². The van der Waals surface area contributed by atoms with Gasteiger partial charge in [-0.25, -0.2) is 4.98 Å². The minimum atomic E-state index is -0.862. The number of hydrogen-bond donors (Lipinski definition) is 1. The Morgan fingerprint density at radius 3 is 2.39 bits per heavy atom. The van der Waals surface area contributed by atoms with Crippen LogP contribution in [0.4, 0.5) is 0 Å². The summed E-state index contributed by atoms with van der Waals surface area (Å²) in [5.41, 5.74) is 4.12. The van der Waals surface area contributed by atoms with E-state index >= 15 is 0 Å². The summed E-state index contributed by atoms with van der Waals surface area (Å²) in [4.78, 5) is 15.8. The smallest absolute Gasteiger partial charge is 0.304 e. The summed E-state index contributed by atoms with van der Waals surface area (Å²) >= 11 is 0. The second kappa shape index (κ2) is 10.0. The number of aryl methyl sites for hydroxylation is 1. The Bertz CT molecular complexity index is 1230. The molecule has 4 rings (SSSR count). The summed E-state index contributed by atoms with van der Waals surface area (Å²) in [6.07, 6.45) is 3.48. The lowest BCUT2D eigenvalue weighted by atomic mass is 9.94. The second-order valence-corrected chi connectivity index (χ2v) is 7.84. The Labute approximate surface area is 193 Å². The first kappa shape index (κ1) is 22.1. The molecule has 0 aliphatic rings. The van der Waals surface area contributed by atoms with Gasteiger partial charge >= 0.3 is 5.97 Å². The number of aromatic nitrogens is 2. The fraction of sp³-hybridized carbons (Fsp3) is 0.185. The number of rotatable bonds is 9. The Balaban J connectivity index is 1.46. The van der Waals surface area contributed by atoms with Crippen molar-refractivity contribution in [3.8, 4) is 22.6 Å². The summed E-state index contributed by atoms with van der Waals surface area (Å²) in [5.74, 6) is 1.08. The number of nitrogens with zero attached hydrogens (tertiary/aromatic N) is 2. The molecule has 0 fully saturated rings. The van der Waals surface area contributed by atoms with Crippen LogP contribution in [-0.2, 0) is 18.4 Å². The van der Waals surface area contributed by atoms with Gasteiger partial charge in [-0.15, -0.1) is 0 Å². The molecule has 0 spiro atoms. The Hall–Kier alpha value is -4.06. The Morgan fingerprint density at radius 1 is 1.00 bits per heavy atom. The van der Waals surface area contributed by atoms with Crippen LogP contribution in [-0.4, -0.2) is 27.7 Å². The zero-order valence-electron chi connectivity index (χ0n) is 18.6. The SMILES string of the molecule is COc1cccc(-c2cccc(COc3ccc([C@H](CC(=O)O)c4nccn4C)cc3)c2)c1. The normalized spacial score (nSPS) is 11.7. The van der Waals surface area contributed by atoms with Crippen molar-refractivity contribution in [3.05, 3.63) is 102 Å². The highest BCUT2D eigenvalue weighted by atomic mass is 16.5. The van der Waals surface area contributed by atoms with Crippen LogP contribution in [0, 0.1) is 0 Å². The molecule has 6 nitrogen and oxygen atoms in total. The molecule has 0 aliphatic carbocycles. The maximum Gasteiger partial charge on any atom is 0.304 e. The molecule has 1 atom stereocenters. The molecule has 1 N–H and O–H groups in total. The number of ether oxygens (including phenoxy) is 2.